The van der Waals surface area contributed by atoms with Gasteiger partial charge in [-0.2, -0.15) is 0 Å². The van der Waals surface area contributed by atoms with Crippen molar-refractivity contribution >= 4 is 18.3 Å². The number of nitrogens with two attached hydrogens (primary N) is 1. The Morgan fingerprint density at radius 2 is 1.76 bits per heavy atom. The van der Waals surface area contributed by atoms with Gasteiger partial charge in [-0.25, -0.2) is 0 Å². The van der Waals surface area contributed by atoms with Gasteiger partial charge in [-0.05, 0) is 49.9 Å². The van der Waals surface area contributed by atoms with Crippen molar-refractivity contribution in [3.8, 4) is 0 Å². The van der Waals surface area contributed by atoms with Crippen molar-refractivity contribution in [2.75, 3.05) is 13.2 Å². The molecule has 3 rings (SSSR count). The van der Waals surface area contributed by atoms with E-state index >= 15 is 0 Å². The zero-order valence-corrected chi connectivity index (χ0v) is 13.6. The lowest BCUT2D eigenvalue weighted by molar-refractivity contribution is -0.125. The van der Waals surface area contributed by atoms with E-state index < -0.39 is 0 Å². The van der Waals surface area contributed by atoms with Crippen molar-refractivity contribution in [3.63, 3.8) is 0 Å². The fraction of sp³-hybridized carbons (Fsp3) is 0.938. The van der Waals surface area contributed by atoms with E-state index in [4.69, 9.17) is 10.5 Å². The number of hydrogen-bond acceptors (Lipinski definition) is 3. The highest BCUT2D eigenvalue weighted by atomic mass is 35.5. The maximum absolute atomic E-state index is 12.3. The fourth-order valence-electron chi connectivity index (χ4n) is 4.42. The second-order valence-electron chi connectivity index (χ2n) is 6.95. The van der Waals surface area contributed by atoms with Gasteiger partial charge in [0, 0.05) is 19.3 Å². The molecule has 4 unspecified atom stereocenters. The van der Waals surface area contributed by atoms with E-state index in [9.17, 15) is 4.79 Å². The zero-order valence-electron chi connectivity index (χ0n) is 12.8. The lowest BCUT2D eigenvalue weighted by Gasteiger charge is -2.34. The van der Waals surface area contributed by atoms with Crippen LogP contribution in [0.5, 0.6) is 0 Å². The summed E-state index contributed by atoms with van der Waals surface area (Å²) in [6, 6.07) is 0.0212. The van der Waals surface area contributed by atoms with Crippen LogP contribution >= 0.6 is 12.4 Å². The Labute approximate surface area is 134 Å². The van der Waals surface area contributed by atoms with Gasteiger partial charge >= 0.3 is 0 Å². The molecule has 0 bridgehead atoms. The van der Waals surface area contributed by atoms with Crippen LogP contribution in [0, 0.1) is 17.8 Å². The van der Waals surface area contributed by atoms with Gasteiger partial charge in [-0.15, -0.1) is 12.4 Å². The van der Waals surface area contributed by atoms with Gasteiger partial charge in [-0.1, -0.05) is 19.3 Å². The third-order valence-corrected chi connectivity index (χ3v) is 5.71. The second kappa shape index (κ2) is 7.80. The Morgan fingerprint density at radius 3 is 2.52 bits per heavy atom. The molecule has 0 aromatic rings. The van der Waals surface area contributed by atoms with E-state index in [2.05, 4.69) is 5.32 Å². The first-order chi connectivity index (χ1) is 9.74. The molecular weight excluding hydrogens is 288 g/mol. The number of carbonyl (C=O) groups excluding carboxylic acids is 1. The van der Waals surface area contributed by atoms with E-state index in [0.717, 1.165) is 44.3 Å². The molecule has 3 fully saturated rings. The highest BCUT2D eigenvalue weighted by Gasteiger charge is 2.35. The number of nitrogens with one attached hydrogen (secondary N) is 1. The maximum Gasteiger partial charge on any atom is 0.237 e. The van der Waals surface area contributed by atoms with Crippen LogP contribution in [0.4, 0.5) is 0 Å². The number of carbonyl (C=O) groups is 1. The van der Waals surface area contributed by atoms with Crippen molar-refractivity contribution in [2.45, 2.75) is 63.5 Å². The number of fused-ring (bicyclic) bond motifs is 1. The SMILES string of the molecule is Cl.NC(C(=O)NC1CCC2CCCC2C1)C1CCOCC1. The number of halogens is 1. The van der Waals surface area contributed by atoms with Crippen molar-refractivity contribution < 1.29 is 9.53 Å². The van der Waals surface area contributed by atoms with Crippen LogP contribution in [0.2, 0.25) is 0 Å². The Balaban J connectivity index is 0.00000161. The molecule has 1 saturated heterocycles. The third-order valence-electron chi connectivity index (χ3n) is 5.71. The van der Waals surface area contributed by atoms with E-state index in [0.29, 0.717) is 12.0 Å². The minimum absolute atomic E-state index is 0. The summed E-state index contributed by atoms with van der Waals surface area (Å²) in [7, 11) is 0. The van der Waals surface area contributed by atoms with Crippen molar-refractivity contribution in [1.29, 1.82) is 0 Å². The minimum Gasteiger partial charge on any atom is -0.381 e. The van der Waals surface area contributed by atoms with Crippen LogP contribution in [0.15, 0.2) is 0 Å². The summed E-state index contributed by atoms with van der Waals surface area (Å²) in [5.41, 5.74) is 6.15. The number of hydrogen-bond donors (Lipinski definition) is 2. The zero-order chi connectivity index (χ0) is 13.9. The van der Waals surface area contributed by atoms with E-state index in [1.807, 2.05) is 0 Å². The van der Waals surface area contributed by atoms with Gasteiger partial charge in [0.15, 0.2) is 0 Å². The summed E-state index contributed by atoms with van der Waals surface area (Å²) in [4.78, 5) is 12.3. The molecule has 3 N–H and O–H groups in total. The summed E-state index contributed by atoms with van der Waals surface area (Å²) in [6.45, 7) is 1.50. The van der Waals surface area contributed by atoms with Crippen LogP contribution in [0.25, 0.3) is 0 Å². The lowest BCUT2D eigenvalue weighted by Crippen LogP contribution is -2.51. The molecule has 5 heteroatoms. The normalized spacial score (nSPS) is 34.6. The van der Waals surface area contributed by atoms with E-state index in [1.54, 1.807) is 0 Å². The van der Waals surface area contributed by atoms with Gasteiger partial charge in [0.05, 0.1) is 6.04 Å². The molecule has 1 aliphatic heterocycles. The van der Waals surface area contributed by atoms with Gasteiger partial charge in [0.2, 0.25) is 5.91 Å². The molecule has 0 aromatic heterocycles. The molecule has 21 heavy (non-hydrogen) atoms. The largest absolute Gasteiger partial charge is 0.381 e. The number of ether oxygens (including phenoxy) is 1. The fourth-order valence-corrected chi connectivity index (χ4v) is 4.42. The Morgan fingerprint density at radius 1 is 1.05 bits per heavy atom. The van der Waals surface area contributed by atoms with Crippen LogP contribution < -0.4 is 11.1 Å². The summed E-state index contributed by atoms with van der Waals surface area (Å²) >= 11 is 0. The Kier molecular flexibility index (Phi) is 6.33. The predicted octanol–water partition coefficient (Wildman–Crippen LogP) is 2.25. The molecule has 4 nitrogen and oxygen atoms in total. The van der Waals surface area contributed by atoms with Gasteiger partial charge < -0.3 is 15.8 Å². The van der Waals surface area contributed by atoms with Crippen LogP contribution in [0.3, 0.4) is 0 Å². The highest BCUT2D eigenvalue weighted by Crippen LogP contribution is 2.42. The van der Waals surface area contributed by atoms with E-state index in [1.165, 1.54) is 32.1 Å². The second-order valence-corrected chi connectivity index (χ2v) is 6.95. The molecule has 4 atom stereocenters. The summed E-state index contributed by atoms with van der Waals surface area (Å²) in [5.74, 6) is 2.16. The lowest BCUT2D eigenvalue weighted by atomic mass is 9.79. The summed E-state index contributed by atoms with van der Waals surface area (Å²) in [6.07, 6.45) is 9.62. The molecule has 0 radical (unpaired) electrons. The maximum atomic E-state index is 12.3. The summed E-state index contributed by atoms with van der Waals surface area (Å²) < 4.78 is 5.34. The topological polar surface area (TPSA) is 64.4 Å². The molecular formula is C16H29ClN2O2. The molecule has 1 amide bonds. The molecule has 2 aliphatic carbocycles. The molecule has 1 heterocycles. The number of rotatable bonds is 3. The molecule has 3 aliphatic rings. The van der Waals surface area contributed by atoms with E-state index in [-0.39, 0.29) is 24.4 Å². The van der Waals surface area contributed by atoms with Crippen molar-refractivity contribution in [3.05, 3.63) is 0 Å². The Hall–Kier alpha value is -0.320. The van der Waals surface area contributed by atoms with Crippen molar-refractivity contribution in [2.24, 2.45) is 23.5 Å². The number of amides is 1. The molecule has 0 aromatic carbocycles. The average molecular weight is 317 g/mol. The first kappa shape index (κ1) is 17.0. The molecule has 122 valence electrons. The van der Waals surface area contributed by atoms with Crippen LogP contribution in [0.1, 0.15) is 51.4 Å². The minimum atomic E-state index is -0.347. The average Bonchev–Trinajstić information content (AvgIpc) is 2.95. The third kappa shape index (κ3) is 4.11. The quantitative estimate of drug-likeness (QED) is 0.839. The Bertz CT molecular complexity index is 347. The molecule has 0 spiro atoms. The standard InChI is InChI=1S/C16H28N2O2.ClH/c17-15(12-6-8-20-9-7-12)16(19)18-14-5-4-11-2-1-3-13(11)10-14;/h11-15H,1-10,17H2,(H,18,19);1H. The predicted molar refractivity (Wildman–Crippen MR) is 85.4 cm³/mol. The summed E-state index contributed by atoms with van der Waals surface area (Å²) in [5, 5.41) is 3.22. The first-order valence-corrected chi connectivity index (χ1v) is 8.37. The monoisotopic (exact) mass is 316 g/mol. The van der Waals surface area contributed by atoms with Gasteiger partial charge in [-0.3, -0.25) is 4.79 Å². The highest BCUT2D eigenvalue weighted by molar-refractivity contribution is 5.85. The molecule has 2 saturated carbocycles. The first-order valence-electron chi connectivity index (χ1n) is 8.37. The van der Waals surface area contributed by atoms with Crippen LogP contribution in [-0.4, -0.2) is 31.2 Å². The van der Waals surface area contributed by atoms with Gasteiger partial charge in [0.1, 0.15) is 0 Å². The van der Waals surface area contributed by atoms with Crippen molar-refractivity contribution in [1.82, 2.24) is 5.32 Å². The van der Waals surface area contributed by atoms with Gasteiger partial charge in [0.25, 0.3) is 0 Å². The van der Waals surface area contributed by atoms with Crippen LogP contribution in [-0.2, 0) is 9.53 Å². The smallest absolute Gasteiger partial charge is 0.237 e.